The molecule has 2 saturated heterocycles. The number of carbonyl (C=O) groups is 3. The summed E-state index contributed by atoms with van der Waals surface area (Å²) in [7, 11) is 0. The van der Waals surface area contributed by atoms with Gasteiger partial charge in [-0.25, -0.2) is 9.69 Å². The smallest absolute Gasteiger partial charge is 0.332 e. The third kappa shape index (κ3) is 3.98. The fraction of sp³-hybridized carbons (Fsp3) is 0.258. The highest BCUT2D eigenvalue weighted by Crippen LogP contribution is 2.45. The lowest BCUT2D eigenvalue weighted by molar-refractivity contribution is -0.120. The molecule has 1 aromatic heterocycles. The van der Waals surface area contributed by atoms with Crippen LogP contribution in [0.15, 0.2) is 72.8 Å². The molecule has 3 aromatic carbocycles. The van der Waals surface area contributed by atoms with Crippen LogP contribution in [0.1, 0.15) is 46.1 Å². The van der Waals surface area contributed by atoms with E-state index in [1.54, 1.807) is 35.2 Å². The largest absolute Gasteiger partial charge is 0.376 e. The normalized spacial score (nSPS) is 22.1. The summed E-state index contributed by atoms with van der Waals surface area (Å²) in [5.74, 6) is -0.702. The zero-order chi connectivity index (χ0) is 27.4. The highest BCUT2D eigenvalue weighted by molar-refractivity contribution is 6.30. The van der Waals surface area contributed by atoms with Crippen molar-refractivity contribution in [2.45, 2.75) is 37.5 Å². The SMILES string of the molecule is O=C(NCC1CCCO1)c1ccccc1N1C(=O)C2Cc3c([nH]c4ccccc34)C(c3cccc(Cl)c3)N2C1=O. The Hall–Kier alpha value is -4.14. The lowest BCUT2D eigenvalue weighted by Crippen LogP contribution is -2.44. The summed E-state index contributed by atoms with van der Waals surface area (Å²) in [5.41, 5.74) is 4.17. The molecule has 3 atom stereocenters. The van der Waals surface area contributed by atoms with E-state index in [-0.39, 0.29) is 29.2 Å². The third-order valence-corrected chi connectivity index (χ3v) is 8.35. The van der Waals surface area contributed by atoms with Crippen LogP contribution in [0.25, 0.3) is 10.9 Å². The average Bonchev–Trinajstić information content (AvgIpc) is 3.68. The summed E-state index contributed by atoms with van der Waals surface area (Å²) in [5, 5.41) is 4.49. The second kappa shape index (κ2) is 9.80. The molecule has 4 amide bonds. The van der Waals surface area contributed by atoms with Crippen LogP contribution in [0.3, 0.4) is 0 Å². The minimum Gasteiger partial charge on any atom is -0.376 e. The lowest BCUT2D eigenvalue weighted by atomic mass is 9.89. The Morgan fingerprint density at radius 2 is 1.88 bits per heavy atom. The minimum atomic E-state index is -0.730. The van der Waals surface area contributed by atoms with Gasteiger partial charge in [-0.05, 0) is 54.3 Å². The maximum Gasteiger partial charge on any atom is 0.332 e. The van der Waals surface area contributed by atoms with E-state index < -0.39 is 18.1 Å². The van der Waals surface area contributed by atoms with Crippen LogP contribution in [-0.2, 0) is 16.0 Å². The fourth-order valence-electron chi connectivity index (χ4n) is 6.29. The van der Waals surface area contributed by atoms with Crippen LogP contribution in [-0.4, -0.2) is 53.0 Å². The predicted molar refractivity (Wildman–Crippen MR) is 152 cm³/mol. The van der Waals surface area contributed by atoms with Gasteiger partial charge >= 0.3 is 6.03 Å². The Morgan fingerprint density at radius 1 is 1.05 bits per heavy atom. The molecule has 0 radical (unpaired) electrons. The van der Waals surface area contributed by atoms with Gasteiger partial charge in [-0.15, -0.1) is 0 Å². The summed E-state index contributed by atoms with van der Waals surface area (Å²) in [6, 6.07) is 20.3. The number of para-hydroxylation sites is 2. The molecule has 8 nitrogen and oxygen atoms in total. The standard InChI is InChI=1S/C31H27ClN4O4/c32-19-8-5-7-18(15-19)28-27-23(21-10-1-3-12-24(21)34-27)16-26-30(38)36(31(39)35(26)28)25-13-4-2-11-22(25)29(37)33-17-20-9-6-14-40-20/h1-5,7-8,10-13,15,20,26,28,34H,6,9,14,16-17H2,(H,33,37). The molecular formula is C31H27ClN4O4. The van der Waals surface area contributed by atoms with Crippen LogP contribution in [0, 0.1) is 0 Å². The molecule has 4 aromatic rings. The lowest BCUT2D eigenvalue weighted by Gasteiger charge is -2.36. The first-order valence-electron chi connectivity index (χ1n) is 13.5. The van der Waals surface area contributed by atoms with E-state index in [0.717, 1.165) is 45.5 Å². The molecule has 3 aliphatic rings. The van der Waals surface area contributed by atoms with Gasteiger partial charge in [0.05, 0.1) is 17.4 Å². The summed E-state index contributed by atoms with van der Waals surface area (Å²) in [6.07, 6.45) is 2.20. The first-order chi connectivity index (χ1) is 19.5. The number of halogens is 1. The van der Waals surface area contributed by atoms with Crippen molar-refractivity contribution in [3.63, 3.8) is 0 Å². The van der Waals surface area contributed by atoms with Crippen molar-refractivity contribution in [3.8, 4) is 0 Å². The number of H-pyrrole nitrogens is 1. The molecule has 9 heteroatoms. The molecule has 202 valence electrons. The molecule has 0 spiro atoms. The first-order valence-corrected chi connectivity index (χ1v) is 13.9. The highest BCUT2D eigenvalue weighted by atomic mass is 35.5. The van der Waals surface area contributed by atoms with Crippen molar-refractivity contribution < 1.29 is 19.1 Å². The van der Waals surface area contributed by atoms with E-state index in [9.17, 15) is 14.4 Å². The monoisotopic (exact) mass is 554 g/mol. The number of hydrogen-bond donors (Lipinski definition) is 2. The molecule has 0 saturated carbocycles. The van der Waals surface area contributed by atoms with Gasteiger partial charge in [0.15, 0.2) is 0 Å². The molecule has 40 heavy (non-hydrogen) atoms. The van der Waals surface area contributed by atoms with E-state index in [1.165, 1.54) is 0 Å². The Kier molecular flexibility index (Phi) is 6.09. The topological polar surface area (TPSA) is 94.7 Å². The number of nitrogens with one attached hydrogen (secondary N) is 2. The van der Waals surface area contributed by atoms with Gasteiger partial charge in [-0.1, -0.05) is 54.1 Å². The molecule has 2 N–H and O–H groups in total. The van der Waals surface area contributed by atoms with E-state index in [4.69, 9.17) is 16.3 Å². The quantitative estimate of drug-likeness (QED) is 0.331. The maximum atomic E-state index is 14.2. The van der Waals surface area contributed by atoms with Gasteiger partial charge in [0, 0.05) is 41.2 Å². The van der Waals surface area contributed by atoms with Crippen molar-refractivity contribution in [1.29, 1.82) is 0 Å². The van der Waals surface area contributed by atoms with Crippen molar-refractivity contribution in [2.24, 2.45) is 0 Å². The second-order valence-corrected chi connectivity index (χ2v) is 10.9. The number of nitrogens with zero attached hydrogens (tertiary/aromatic N) is 2. The molecular weight excluding hydrogens is 528 g/mol. The Labute approximate surface area is 235 Å². The van der Waals surface area contributed by atoms with Crippen LogP contribution >= 0.6 is 11.6 Å². The predicted octanol–water partition coefficient (Wildman–Crippen LogP) is 5.21. The van der Waals surface area contributed by atoms with Crippen molar-refractivity contribution in [2.75, 3.05) is 18.1 Å². The molecule has 0 bridgehead atoms. The summed E-state index contributed by atoms with van der Waals surface area (Å²) >= 11 is 6.39. The second-order valence-electron chi connectivity index (χ2n) is 10.5. The number of fused-ring (bicyclic) bond motifs is 4. The van der Waals surface area contributed by atoms with Gasteiger partial charge in [-0.3, -0.25) is 14.5 Å². The van der Waals surface area contributed by atoms with Crippen LogP contribution in [0.5, 0.6) is 0 Å². The molecule has 7 rings (SSSR count). The molecule has 3 aliphatic heterocycles. The summed E-state index contributed by atoms with van der Waals surface area (Å²) < 4.78 is 5.63. The van der Waals surface area contributed by atoms with E-state index in [2.05, 4.69) is 10.3 Å². The van der Waals surface area contributed by atoms with E-state index in [0.29, 0.717) is 24.6 Å². The van der Waals surface area contributed by atoms with Gasteiger partial charge in [-0.2, -0.15) is 0 Å². The van der Waals surface area contributed by atoms with Crippen molar-refractivity contribution in [3.05, 3.63) is 100 Å². The number of urea groups is 1. The van der Waals surface area contributed by atoms with Crippen LogP contribution in [0.2, 0.25) is 5.02 Å². The zero-order valence-corrected chi connectivity index (χ0v) is 22.4. The molecule has 4 heterocycles. The fourth-order valence-corrected chi connectivity index (χ4v) is 6.49. The van der Waals surface area contributed by atoms with Gasteiger partial charge in [0.1, 0.15) is 12.1 Å². The zero-order valence-electron chi connectivity index (χ0n) is 21.6. The third-order valence-electron chi connectivity index (χ3n) is 8.12. The maximum absolute atomic E-state index is 14.2. The molecule has 3 unspecified atom stereocenters. The highest BCUT2D eigenvalue weighted by Gasteiger charge is 2.53. The number of amides is 4. The number of benzene rings is 3. The van der Waals surface area contributed by atoms with Gasteiger partial charge < -0.3 is 15.0 Å². The summed E-state index contributed by atoms with van der Waals surface area (Å²) in [4.78, 5) is 47.9. The Morgan fingerprint density at radius 3 is 2.70 bits per heavy atom. The van der Waals surface area contributed by atoms with Crippen LogP contribution < -0.4 is 10.2 Å². The average molecular weight is 555 g/mol. The number of carbonyl (C=O) groups excluding carboxylic acids is 3. The van der Waals surface area contributed by atoms with E-state index >= 15 is 0 Å². The number of imide groups is 1. The van der Waals surface area contributed by atoms with Crippen molar-refractivity contribution >= 4 is 46.0 Å². The van der Waals surface area contributed by atoms with E-state index in [1.807, 2.05) is 42.5 Å². The Bertz CT molecular complexity index is 1660. The number of rotatable bonds is 5. The van der Waals surface area contributed by atoms with Crippen molar-refractivity contribution in [1.82, 2.24) is 15.2 Å². The number of aromatic amines is 1. The van der Waals surface area contributed by atoms with Gasteiger partial charge in [0.2, 0.25) is 0 Å². The number of hydrogen-bond acceptors (Lipinski definition) is 4. The number of anilines is 1. The number of ether oxygens (including phenoxy) is 1. The molecule has 2 fully saturated rings. The molecule has 0 aliphatic carbocycles. The Balaban J connectivity index is 1.29. The van der Waals surface area contributed by atoms with Gasteiger partial charge in [0.25, 0.3) is 11.8 Å². The number of aromatic nitrogens is 1. The minimum absolute atomic E-state index is 0.0255. The van der Waals surface area contributed by atoms with Crippen LogP contribution in [0.4, 0.5) is 10.5 Å². The summed E-state index contributed by atoms with van der Waals surface area (Å²) in [6.45, 7) is 1.07. The first kappa shape index (κ1) is 24.9.